The number of nitrogens with one attached hydrogen (secondary N) is 1. The summed E-state index contributed by atoms with van der Waals surface area (Å²) in [5.74, 6) is 0. The normalized spacial score (nSPS) is 27.8. The van der Waals surface area contributed by atoms with Crippen LogP contribution in [-0.4, -0.2) is 47.4 Å². The third-order valence-electron chi connectivity index (χ3n) is 4.69. The third-order valence-corrected chi connectivity index (χ3v) is 5.55. The van der Waals surface area contributed by atoms with E-state index in [1.54, 1.807) is 11.3 Å². The van der Waals surface area contributed by atoms with Crippen LogP contribution in [0.3, 0.4) is 0 Å². The fraction of sp³-hybridized carbons (Fsp3) is 0.706. The third kappa shape index (κ3) is 4.93. The molecule has 2 fully saturated rings. The highest BCUT2D eigenvalue weighted by Gasteiger charge is 2.26. The Balaban J connectivity index is 1.57. The number of hydrogen-bond donors (Lipinski definition) is 2. The fourth-order valence-electron chi connectivity index (χ4n) is 3.33. The Morgan fingerprint density at radius 2 is 2.17 bits per heavy atom. The monoisotopic (exact) mass is 338 g/mol. The van der Waals surface area contributed by atoms with Crippen LogP contribution in [0.1, 0.15) is 43.4 Å². The maximum Gasteiger partial charge on any atom is 0.318 e. The van der Waals surface area contributed by atoms with Crippen molar-refractivity contribution < 1.29 is 14.6 Å². The van der Waals surface area contributed by atoms with Gasteiger partial charge in [0.15, 0.2) is 0 Å². The number of carbonyl (C=O) groups is 1. The molecule has 23 heavy (non-hydrogen) atoms. The molecule has 1 saturated heterocycles. The second-order valence-electron chi connectivity index (χ2n) is 6.55. The lowest BCUT2D eigenvalue weighted by atomic mass is 9.93. The highest BCUT2D eigenvalue weighted by molar-refractivity contribution is 7.09. The molecule has 1 aliphatic carbocycles. The maximum atomic E-state index is 12.7. The zero-order valence-electron chi connectivity index (χ0n) is 13.4. The smallest absolute Gasteiger partial charge is 0.318 e. The zero-order valence-corrected chi connectivity index (χ0v) is 14.3. The molecule has 1 unspecified atom stereocenters. The molecule has 0 spiro atoms. The lowest BCUT2D eigenvalue weighted by Crippen LogP contribution is -2.48. The van der Waals surface area contributed by atoms with E-state index in [0.29, 0.717) is 13.1 Å². The maximum absolute atomic E-state index is 12.7. The van der Waals surface area contributed by atoms with E-state index < -0.39 is 0 Å². The molecule has 1 atom stereocenters. The number of aliphatic hydroxyl groups is 1. The van der Waals surface area contributed by atoms with E-state index in [9.17, 15) is 9.90 Å². The van der Waals surface area contributed by atoms with Crippen LogP contribution in [0, 0.1) is 0 Å². The first kappa shape index (κ1) is 16.7. The van der Waals surface area contributed by atoms with E-state index in [-0.39, 0.29) is 24.3 Å². The van der Waals surface area contributed by atoms with Gasteiger partial charge in [-0.1, -0.05) is 6.07 Å². The molecule has 3 rings (SSSR count). The summed E-state index contributed by atoms with van der Waals surface area (Å²) < 4.78 is 5.71. The topological polar surface area (TPSA) is 61.8 Å². The molecule has 0 bridgehead atoms. The molecule has 1 aromatic heterocycles. The van der Waals surface area contributed by atoms with Crippen molar-refractivity contribution in [3.63, 3.8) is 0 Å². The SMILES string of the molecule is O=C(NC1CCC(O)CC1)N(Cc1cccs1)CC1CCCO1. The highest BCUT2D eigenvalue weighted by atomic mass is 32.1. The van der Waals surface area contributed by atoms with E-state index in [4.69, 9.17) is 4.74 Å². The van der Waals surface area contributed by atoms with Crippen LogP contribution in [0.4, 0.5) is 4.79 Å². The summed E-state index contributed by atoms with van der Waals surface area (Å²) in [4.78, 5) is 15.8. The molecule has 0 radical (unpaired) electrons. The van der Waals surface area contributed by atoms with Gasteiger partial charge in [-0.15, -0.1) is 11.3 Å². The molecule has 1 saturated carbocycles. The van der Waals surface area contributed by atoms with E-state index in [1.165, 1.54) is 4.88 Å². The molecule has 1 aromatic rings. The van der Waals surface area contributed by atoms with Crippen molar-refractivity contribution in [1.29, 1.82) is 0 Å². The van der Waals surface area contributed by atoms with Crippen molar-refractivity contribution >= 4 is 17.4 Å². The van der Waals surface area contributed by atoms with E-state index in [0.717, 1.165) is 45.1 Å². The van der Waals surface area contributed by atoms with Gasteiger partial charge < -0.3 is 20.1 Å². The summed E-state index contributed by atoms with van der Waals surface area (Å²) >= 11 is 1.68. The minimum atomic E-state index is -0.197. The minimum Gasteiger partial charge on any atom is -0.393 e. The number of amides is 2. The largest absolute Gasteiger partial charge is 0.393 e. The lowest BCUT2D eigenvalue weighted by Gasteiger charge is -2.30. The fourth-order valence-corrected chi connectivity index (χ4v) is 4.05. The highest BCUT2D eigenvalue weighted by Crippen LogP contribution is 2.20. The van der Waals surface area contributed by atoms with Gasteiger partial charge in [-0.2, -0.15) is 0 Å². The minimum absolute atomic E-state index is 0.00436. The van der Waals surface area contributed by atoms with Crippen molar-refractivity contribution in [1.82, 2.24) is 10.2 Å². The van der Waals surface area contributed by atoms with Crippen LogP contribution in [-0.2, 0) is 11.3 Å². The molecule has 5 nitrogen and oxygen atoms in total. The predicted molar refractivity (Wildman–Crippen MR) is 90.5 cm³/mol. The quantitative estimate of drug-likeness (QED) is 0.868. The Labute approximate surface area is 141 Å². The van der Waals surface area contributed by atoms with Gasteiger partial charge in [0.05, 0.1) is 18.8 Å². The molecular weight excluding hydrogens is 312 g/mol. The van der Waals surface area contributed by atoms with Crippen LogP contribution in [0.5, 0.6) is 0 Å². The number of thiophene rings is 1. The van der Waals surface area contributed by atoms with Crippen LogP contribution < -0.4 is 5.32 Å². The number of aliphatic hydroxyl groups excluding tert-OH is 1. The van der Waals surface area contributed by atoms with Gasteiger partial charge in [-0.25, -0.2) is 4.79 Å². The van der Waals surface area contributed by atoms with Crippen molar-refractivity contribution in [3.05, 3.63) is 22.4 Å². The second kappa shape index (κ2) is 8.13. The average Bonchev–Trinajstić information content (AvgIpc) is 3.22. The van der Waals surface area contributed by atoms with Gasteiger partial charge >= 0.3 is 6.03 Å². The van der Waals surface area contributed by atoms with Gasteiger partial charge in [0.1, 0.15) is 0 Å². The van der Waals surface area contributed by atoms with Gasteiger partial charge in [0.25, 0.3) is 0 Å². The Morgan fingerprint density at radius 1 is 1.35 bits per heavy atom. The summed E-state index contributed by atoms with van der Waals surface area (Å²) in [5, 5.41) is 14.8. The van der Waals surface area contributed by atoms with Crippen LogP contribution in [0.15, 0.2) is 17.5 Å². The molecular formula is C17H26N2O3S. The second-order valence-corrected chi connectivity index (χ2v) is 7.58. The summed E-state index contributed by atoms with van der Waals surface area (Å²) in [6.07, 6.45) is 5.36. The number of carbonyl (C=O) groups excluding carboxylic acids is 1. The number of rotatable bonds is 5. The van der Waals surface area contributed by atoms with Crippen LogP contribution in [0.2, 0.25) is 0 Å². The molecule has 128 valence electrons. The van der Waals surface area contributed by atoms with Gasteiger partial charge in [0.2, 0.25) is 0 Å². The van der Waals surface area contributed by atoms with Crippen molar-refractivity contribution in [3.8, 4) is 0 Å². The Kier molecular flexibility index (Phi) is 5.91. The van der Waals surface area contributed by atoms with Crippen LogP contribution >= 0.6 is 11.3 Å². The Hall–Kier alpha value is -1.11. The molecule has 6 heteroatoms. The molecule has 2 heterocycles. The summed E-state index contributed by atoms with van der Waals surface area (Å²) in [6, 6.07) is 4.26. The predicted octanol–water partition coefficient (Wildman–Crippen LogP) is 2.74. The molecule has 2 aliphatic rings. The van der Waals surface area contributed by atoms with E-state index >= 15 is 0 Å². The average molecular weight is 338 g/mol. The summed E-state index contributed by atoms with van der Waals surface area (Å²) in [6.45, 7) is 2.09. The number of nitrogens with zero attached hydrogens (tertiary/aromatic N) is 1. The summed E-state index contributed by atoms with van der Waals surface area (Å²) in [7, 11) is 0. The standard InChI is InChI=1S/C17H26N2O3S/c20-14-7-5-13(6-8-14)18-17(21)19(11-15-3-1-9-22-15)12-16-4-2-10-23-16/h2,4,10,13-15,20H,1,3,5-9,11-12H2,(H,18,21). The Morgan fingerprint density at radius 3 is 2.83 bits per heavy atom. The number of hydrogen-bond acceptors (Lipinski definition) is 4. The van der Waals surface area contributed by atoms with E-state index in [2.05, 4.69) is 11.4 Å². The number of ether oxygens (including phenoxy) is 1. The molecule has 1 aliphatic heterocycles. The lowest BCUT2D eigenvalue weighted by molar-refractivity contribution is 0.0771. The first-order valence-electron chi connectivity index (χ1n) is 8.58. The molecule has 2 N–H and O–H groups in total. The van der Waals surface area contributed by atoms with Crippen molar-refractivity contribution in [2.24, 2.45) is 0 Å². The van der Waals surface area contributed by atoms with E-state index in [1.807, 2.05) is 16.3 Å². The first-order valence-corrected chi connectivity index (χ1v) is 9.46. The van der Waals surface area contributed by atoms with Crippen molar-refractivity contribution in [2.75, 3.05) is 13.2 Å². The van der Waals surface area contributed by atoms with Gasteiger partial charge in [0, 0.05) is 24.1 Å². The van der Waals surface area contributed by atoms with Gasteiger partial charge in [-0.3, -0.25) is 0 Å². The molecule has 0 aromatic carbocycles. The van der Waals surface area contributed by atoms with Gasteiger partial charge in [-0.05, 0) is 50.0 Å². The zero-order chi connectivity index (χ0) is 16.1. The molecule has 2 amide bonds. The van der Waals surface area contributed by atoms with Crippen molar-refractivity contribution in [2.45, 2.75) is 63.3 Å². The Bertz CT molecular complexity index is 480. The number of urea groups is 1. The van der Waals surface area contributed by atoms with Crippen LogP contribution in [0.25, 0.3) is 0 Å². The first-order chi connectivity index (χ1) is 11.2. The summed E-state index contributed by atoms with van der Waals surface area (Å²) in [5.41, 5.74) is 0.